The predicted molar refractivity (Wildman–Crippen MR) is 81.7 cm³/mol. The number of carbonyl (C=O) groups excluding carboxylic acids is 1. The van der Waals surface area contributed by atoms with Crippen molar-refractivity contribution in [3.63, 3.8) is 0 Å². The van der Waals surface area contributed by atoms with Gasteiger partial charge in [0.2, 0.25) is 0 Å². The molecule has 0 radical (unpaired) electrons. The van der Waals surface area contributed by atoms with Crippen LogP contribution in [-0.4, -0.2) is 23.5 Å². The van der Waals surface area contributed by atoms with Crippen LogP contribution in [0.15, 0.2) is 30.3 Å². The third-order valence-corrected chi connectivity index (χ3v) is 3.35. The Morgan fingerprint density at radius 3 is 2.85 bits per heavy atom. The Bertz CT molecular complexity index is 610. The summed E-state index contributed by atoms with van der Waals surface area (Å²) in [6.45, 7) is 4.44. The summed E-state index contributed by atoms with van der Waals surface area (Å²) in [6, 6.07) is 9.55. The molecule has 0 bridgehead atoms. The van der Waals surface area contributed by atoms with Gasteiger partial charge in [-0.2, -0.15) is 0 Å². The quantitative estimate of drug-likeness (QED) is 0.877. The highest BCUT2D eigenvalue weighted by Gasteiger charge is 2.15. The van der Waals surface area contributed by atoms with Crippen molar-refractivity contribution in [1.82, 2.24) is 10.3 Å². The minimum absolute atomic E-state index is 0.0275. The first-order chi connectivity index (χ1) is 9.65. The van der Waals surface area contributed by atoms with E-state index in [4.69, 9.17) is 5.73 Å². The van der Waals surface area contributed by atoms with Gasteiger partial charge in [0.05, 0.1) is 11.1 Å². The SMILES string of the molecule is CCCC(CN)NC(=O)c1cc(C)nc2ccccc12. The van der Waals surface area contributed by atoms with Gasteiger partial charge < -0.3 is 11.1 Å². The van der Waals surface area contributed by atoms with Crippen molar-refractivity contribution < 1.29 is 4.79 Å². The van der Waals surface area contributed by atoms with Gasteiger partial charge in [-0.05, 0) is 25.5 Å². The molecule has 2 rings (SSSR count). The van der Waals surface area contributed by atoms with Crippen molar-refractivity contribution in [3.8, 4) is 0 Å². The summed E-state index contributed by atoms with van der Waals surface area (Å²) in [4.78, 5) is 16.9. The van der Waals surface area contributed by atoms with E-state index in [9.17, 15) is 4.79 Å². The fraction of sp³-hybridized carbons (Fsp3) is 0.375. The van der Waals surface area contributed by atoms with E-state index in [1.807, 2.05) is 37.3 Å². The maximum absolute atomic E-state index is 12.5. The van der Waals surface area contributed by atoms with Crippen LogP contribution in [0.25, 0.3) is 10.9 Å². The summed E-state index contributed by atoms with van der Waals surface area (Å²) in [7, 11) is 0. The molecule has 0 spiro atoms. The molecule has 0 saturated heterocycles. The van der Waals surface area contributed by atoms with Gasteiger partial charge >= 0.3 is 0 Å². The van der Waals surface area contributed by atoms with Gasteiger partial charge in [0.15, 0.2) is 0 Å². The molecule has 1 heterocycles. The van der Waals surface area contributed by atoms with Crippen LogP contribution in [0.3, 0.4) is 0 Å². The highest BCUT2D eigenvalue weighted by atomic mass is 16.1. The summed E-state index contributed by atoms with van der Waals surface area (Å²) in [6.07, 6.45) is 1.89. The van der Waals surface area contributed by atoms with E-state index in [2.05, 4.69) is 17.2 Å². The molecule has 0 fully saturated rings. The summed E-state index contributed by atoms with van der Waals surface area (Å²) < 4.78 is 0. The van der Waals surface area contributed by atoms with Crippen molar-refractivity contribution in [2.24, 2.45) is 5.73 Å². The molecule has 1 amide bonds. The average molecular weight is 271 g/mol. The van der Waals surface area contributed by atoms with Gasteiger partial charge in [0.1, 0.15) is 0 Å². The molecular weight excluding hydrogens is 250 g/mol. The number of nitrogens with two attached hydrogens (primary N) is 1. The standard InChI is InChI=1S/C16H21N3O/c1-3-6-12(10-17)19-16(20)14-9-11(2)18-15-8-5-4-7-13(14)15/h4-5,7-9,12H,3,6,10,17H2,1-2H3,(H,19,20). The van der Waals surface area contributed by atoms with Gasteiger partial charge in [0.25, 0.3) is 5.91 Å². The summed E-state index contributed by atoms with van der Waals surface area (Å²) >= 11 is 0. The van der Waals surface area contributed by atoms with Gasteiger partial charge in [-0.1, -0.05) is 31.5 Å². The van der Waals surface area contributed by atoms with Gasteiger partial charge in [-0.25, -0.2) is 0 Å². The lowest BCUT2D eigenvalue weighted by Gasteiger charge is -2.17. The zero-order valence-corrected chi connectivity index (χ0v) is 12.0. The number of hydrogen-bond acceptors (Lipinski definition) is 3. The Balaban J connectivity index is 2.34. The normalized spacial score (nSPS) is 12.3. The van der Waals surface area contributed by atoms with E-state index in [0.717, 1.165) is 29.4 Å². The van der Waals surface area contributed by atoms with Crippen molar-refractivity contribution in [2.45, 2.75) is 32.7 Å². The number of aromatic nitrogens is 1. The smallest absolute Gasteiger partial charge is 0.252 e. The highest BCUT2D eigenvalue weighted by molar-refractivity contribution is 6.06. The van der Waals surface area contributed by atoms with Gasteiger partial charge in [-0.15, -0.1) is 0 Å². The molecule has 1 unspecified atom stereocenters. The molecule has 0 aliphatic rings. The number of pyridine rings is 1. The lowest BCUT2D eigenvalue weighted by atomic mass is 10.1. The number of nitrogens with one attached hydrogen (secondary N) is 1. The summed E-state index contributed by atoms with van der Waals surface area (Å²) in [5.41, 5.74) is 8.06. The number of benzene rings is 1. The molecule has 0 saturated carbocycles. The van der Waals surface area contributed by atoms with Crippen LogP contribution in [0, 0.1) is 6.92 Å². The molecule has 1 aromatic heterocycles. The number of para-hydroxylation sites is 1. The van der Waals surface area contributed by atoms with E-state index in [-0.39, 0.29) is 11.9 Å². The lowest BCUT2D eigenvalue weighted by Crippen LogP contribution is -2.40. The maximum atomic E-state index is 12.5. The number of hydrogen-bond donors (Lipinski definition) is 2. The fourth-order valence-corrected chi connectivity index (χ4v) is 2.36. The molecule has 2 aromatic rings. The first-order valence-electron chi connectivity index (χ1n) is 7.03. The molecule has 106 valence electrons. The number of aryl methyl sites for hydroxylation is 1. The van der Waals surface area contributed by atoms with Crippen molar-refractivity contribution in [3.05, 3.63) is 41.6 Å². The predicted octanol–water partition coefficient (Wildman–Crippen LogP) is 2.40. The van der Waals surface area contributed by atoms with Crippen molar-refractivity contribution >= 4 is 16.8 Å². The fourth-order valence-electron chi connectivity index (χ4n) is 2.36. The summed E-state index contributed by atoms with van der Waals surface area (Å²) in [5.74, 6) is -0.0735. The van der Waals surface area contributed by atoms with Gasteiger partial charge in [0, 0.05) is 23.7 Å². The van der Waals surface area contributed by atoms with Crippen LogP contribution < -0.4 is 11.1 Å². The van der Waals surface area contributed by atoms with E-state index >= 15 is 0 Å². The monoisotopic (exact) mass is 271 g/mol. The van der Waals surface area contributed by atoms with E-state index in [1.54, 1.807) is 0 Å². The van der Waals surface area contributed by atoms with Gasteiger partial charge in [-0.3, -0.25) is 9.78 Å². The third-order valence-electron chi connectivity index (χ3n) is 3.35. The zero-order valence-electron chi connectivity index (χ0n) is 12.0. The zero-order chi connectivity index (χ0) is 14.5. The lowest BCUT2D eigenvalue weighted by molar-refractivity contribution is 0.0937. The van der Waals surface area contributed by atoms with Crippen LogP contribution in [0.4, 0.5) is 0 Å². The Morgan fingerprint density at radius 1 is 1.40 bits per heavy atom. The minimum Gasteiger partial charge on any atom is -0.348 e. The number of nitrogens with zero attached hydrogens (tertiary/aromatic N) is 1. The van der Waals surface area contributed by atoms with Crippen LogP contribution >= 0.6 is 0 Å². The molecule has 20 heavy (non-hydrogen) atoms. The summed E-state index contributed by atoms with van der Waals surface area (Å²) in [5, 5.41) is 3.89. The van der Waals surface area contributed by atoms with E-state index in [0.29, 0.717) is 12.1 Å². The van der Waals surface area contributed by atoms with Crippen LogP contribution in [0.5, 0.6) is 0 Å². The maximum Gasteiger partial charge on any atom is 0.252 e. The Labute approximate surface area is 119 Å². The second kappa shape index (κ2) is 6.48. The van der Waals surface area contributed by atoms with Crippen LogP contribution in [0.2, 0.25) is 0 Å². The largest absolute Gasteiger partial charge is 0.348 e. The molecule has 0 aliphatic heterocycles. The topological polar surface area (TPSA) is 68.0 Å². The van der Waals surface area contributed by atoms with Crippen LogP contribution in [-0.2, 0) is 0 Å². The van der Waals surface area contributed by atoms with E-state index < -0.39 is 0 Å². The molecular formula is C16H21N3O. The van der Waals surface area contributed by atoms with E-state index in [1.165, 1.54) is 0 Å². The van der Waals surface area contributed by atoms with Crippen molar-refractivity contribution in [1.29, 1.82) is 0 Å². The number of amides is 1. The third kappa shape index (κ3) is 3.14. The number of carbonyl (C=O) groups is 1. The number of rotatable bonds is 5. The average Bonchev–Trinajstić information content (AvgIpc) is 2.45. The van der Waals surface area contributed by atoms with Crippen LogP contribution in [0.1, 0.15) is 35.8 Å². The number of fused-ring (bicyclic) bond motifs is 1. The Morgan fingerprint density at radius 2 is 2.15 bits per heavy atom. The second-order valence-electron chi connectivity index (χ2n) is 5.02. The molecule has 0 aliphatic carbocycles. The first kappa shape index (κ1) is 14.5. The Hall–Kier alpha value is -1.94. The first-order valence-corrected chi connectivity index (χ1v) is 7.03. The molecule has 3 N–H and O–H groups in total. The second-order valence-corrected chi connectivity index (χ2v) is 5.02. The molecule has 4 heteroatoms. The van der Waals surface area contributed by atoms with Crippen molar-refractivity contribution in [2.75, 3.05) is 6.54 Å². The molecule has 1 aromatic carbocycles. The molecule has 1 atom stereocenters. The molecule has 4 nitrogen and oxygen atoms in total. The minimum atomic E-state index is -0.0735. The Kier molecular flexibility index (Phi) is 4.69. The highest BCUT2D eigenvalue weighted by Crippen LogP contribution is 2.18.